The van der Waals surface area contributed by atoms with E-state index in [1.165, 1.54) is 51.7 Å². The first-order valence-corrected chi connectivity index (χ1v) is 7.66. The van der Waals surface area contributed by atoms with E-state index < -0.39 is 0 Å². The fourth-order valence-electron chi connectivity index (χ4n) is 3.14. The smallest absolute Gasteiger partial charge is 0.0198 e. The fourth-order valence-corrected chi connectivity index (χ4v) is 3.14. The van der Waals surface area contributed by atoms with E-state index in [9.17, 15) is 0 Å². The molecule has 2 heteroatoms. The largest absolute Gasteiger partial charge is 0.312 e. The third-order valence-corrected chi connectivity index (χ3v) is 4.55. The number of piperidine rings is 1. The summed E-state index contributed by atoms with van der Waals surface area (Å²) in [6.07, 6.45) is 7.11. The van der Waals surface area contributed by atoms with Crippen molar-refractivity contribution >= 4 is 0 Å². The van der Waals surface area contributed by atoms with Crippen molar-refractivity contribution in [3.63, 3.8) is 0 Å². The van der Waals surface area contributed by atoms with E-state index >= 15 is 0 Å². The number of hydrogen-bond donors (Lipinski definition) is 1. The van der Waals surface area contributed by atoms with E-state index in [1.807, 2.05) is 0 Å². The van der Waals surface area contributed by atoms with Gasteiger partial charge in [-0.05, 0) is 37.6 Å². The Balaban J connectivity index is 1.83. The highest BCUT2D eigenvalue weighted by Crippen LogP contribution is 2.30. The second kappa shape index (κ2) is 6.19. The molecule has 1 aliphatic heterocycles. The second-order valence-corrected chi connectivity index (χ2v) is 6.55. The molecular formula is C15H30N2. The Morgan fingerprint density at radius 1 is 1.24 bits per heavy atom. The molecule has 0 aromatic carbocycles. The van der Waals surface area contributed by atoms with Crippen LogP contribution in [0.5, 0.6) is 0 Å². The van der Waals surface area contributed by atoms with Gasteiger partial charge in [-0.1, -0.05) is 33.6 Å². The summed E-state index contributed by atoms with van der Waals surface area (Å²) in [7, 11) is 0. The molecular weight excluding hydrogens is 208 g/mol. The van der Waals surface area contributed by atoms with Crippen LogP contribution < -0.4 is 5.32 Å². The number of hydrogen-bond acceptors (Lipinski definition) is 2. The van der Waals surface area contributed by atoms with Crippen LogP contribution in [-0.2, 0) is 0 Å². The van der Waals surface area contributed by atoms with E-state index in [1.54, 1.807) is 0 Å². The molecule has 1 saturated heterocycles. The number of likely N-dealkylation sites (tertiary alicyclic amines) is 1. The van der Waals surface area contributed by atoms with Gasteiger partial charge in [-0.25, -0.2) is 0 Å². The number of nitrogens with zero attached hydrogens (tertiary/aromatic N) is 1. The summed E-state index contributed by atoms with van der Waals surface area (Å²) < 4.78 is 0. The molecule has 1 aliphatic carbocycles. The van der Waals surface area contributed by atoms with Gasteiger partial charge in [-0.3, -0.25) is 4.90 Å². The molecule has 100 valence electrons. The first kappa shape index (κ1) is 13.4. The molecule has 2 fully saturated rings. The highest BCUT2D eigenvalue weighted by atomic mass is 15.2. The molecule has 0 spiro atoms. The van der Waals surface area contributed by atoms with Crippen LogP contribution in [0.2, 0.25) is 0 Å². The summed E-state index contributed by atoms with van der Waals surface area (Å²) in [5.41, 5.74) is 0. The Bertz CT molecular complexity index is 223. The lowest BCUT2D eigenvalue weighted by atomic mass is 9.85. The van der Waals surface area contributed by atoms with Crippen molar-refractivity contribution in [1.82, 2.24) is 10.2 Å². The monoisotopic (exact) mass is 238 g/mol. The van der Waals surface area contributed by atoms with Crippen molar-refractivity contribution in [2.45, 2.75) is 65.0 Å². The summed E-state index contributed by atoms with van der Waals surface area (Å²) >= 11 is 0. The zero-order chi connectivity index (χ0) is 12.3. The predicted octanol–water partition coefficient (Wildman–Crippen LogP) is 2.89. The molecule has 1 saturated carbocycles. The van der Waals surface area contributed by atoms with Crippen molar-refractivity contribution in [2.75, 3.05) is 19.6 Å². The Labute approximate surface area is 107 Å². The standard InChI is InChI=1S/C15H30N2/c1-4-13-8-14(16-9-12(2)3)11-17(10-13)15-6-5-7-15/h12-16H,4-11H2,1-3H3. The van der Waals surface area contributed by atoms with Gasteiger partial charge < -0.3 is 5.32 Å². The van der Waals surface area contributed by atoms with Gasteiger partial charge in [0.2, 0.25) is 0 Å². The third-order valence-electron chi connectivity index (χ3n) is 4.55. The quantitative estimate of drug-likeness (QED) is 0.792. The van der Waals surface area contributed by atoms with Crippen LogP contribution in [0.3, 0.4) is 0 Å². The molecule has 0 amide bonds. The zero-order valence-corrected chi connectivity index (χ0v) is 11.9. The molecule has 1 N–H and O–H groups in total. The SMILES string of the molecule is CCC1CC(NCC(C)C)CN(C2CCC2)C1. The maximum atomic E-state index is 3.78. The van der Waals surface area contributed by atoms with E-state index in [2.05, 4.69) is 31.0 Å². The van der Waals surface area contributed by atoms with E-state index in [0.717, 1.165) is 23.9 Å². The van der Waals surface area contributed by atoms with Gasteiger partial charge in [0.05, 0.1) is 0 Å². The maximum absolute atomic E-state index is 3.78. The van der Waals surface area contributed by atoms with Crippen LogP contribution in [0.1, 0.15) is 52.9 Å². The summed E-state index contributed by atoms with van der Waals surface area (Å²) in [6, 6.07) is 1.67. The van der Waals surface area contributed by atoms with Crippen molar-refractivity contribution in [2.24, 2.45) is 11.8 Å². The topological polar surface area (TPSA) is 15.3 Å². The molecule has 0 bridgehead atoms. The third kappa shape index (κ3) is 3.69. The molecule has 2 aliphatic rings. The molecule has 2 atom stereocenters. The van der Waals surface area contributed by atoms with Crippen LogP contribution in [0.4, 0.5) is 0 Å². The summed E-state index contributed by atoms with van der Waals surface area (Å²) in [6.45, 7) is 10.8. The van der Waals surface area contributed by atoms with Crippen LogP contribution in [0, 0.1) is 11.8 Å². The first-order chi connectivity index (χ1) is 8.19. The molecule has 0 aromatic heterocycles. The minimum Gasteiger partial charge on any atom is -0.312 e. The highest BCUT2D eigenvalue weighted by Gasteiger charge is 2.32. The van der Waals surface area contributed by atoms with Gasteiger partial charge >= 0.3 is 0 Å². The Kier molecular flexibility index (Phi) is 4.87. The predicted molar refractivity (Wildman–Crippen MR) is 74.2 cm³/mol. The molecule has 17 heavy (non-hydrogen) atoms. The lowest BCUT2D eigenvalue weighted by Gasteiger charge is -2.45. The number of nitrogens with one attached hydrogen (secondary N) is 1. The van der Waals surface area contributed by atoms with E-state index in [4.69, 9.17) is 0 Å². The summed E-state index contributed by atoms with van der Waals surface area (Å²) in [5.74, 6) is 1.70. The number of rotatable bonds is 5. The molecule has 2 rings (SSSR count). The van der Waals surface area contributed by atoms with E-state index in [0.29, 0.717) is 0 Å². The van der Waals surface area contributed by atoms with Crippen LogP contribution >= 0.6 is 0 Å². The normalized spacial score (nSPS) is 31.8. The Morgan fingerprint density at radius 3 is 2.53 bits per heavy atom. The molecule has 2 unspecified atom stereocenters. The minimum absolute atomic E-state index is 0.747. The fraction of sp³-hybridized carbons (Fsp3) is 1.00. The average Bonchev–Trinajstić information content (AvgIpc) is 2.23. The van der Waals surface area contributed by atoms with Crippen LogP contribution in [0.15, 0.2) is 0 Å². The molecule has 2 nitrogen and oxygen atoms in total. The minimum atomic E-state index is 0.747. The zero-order valence-electron chi connectivity index (χ0n) is 11.9. The summed E-state index contributed by atoms with van der Waals surface area (Å²) in [4.78, 5) is 2.78. The molecule has 0 aromatic rings. The summed E-state index contributed by atoms with van der Waals surface area (Å²) in [5, 5.41) is 3.78. The van der Waals surface area contributed by atoms with Gasteiger partial charge in [0.25, 0.3) is 0 Å². The first-order valence-electron chi connectivity index (χ1n) is 7.66. The van der Waals surface area contributed by atoms with Crippen molar-refractivity contribution in [1.29, 1.82) is 0 Å². The maximum Gasteiger partial charge on any atom is 0.0198 e. The molecule has 1 heterocycles. The lowest BCUT2D eigenvalue weighted by molar-refractivity contribution is 0.0569. The van der Waals surface area contributed by atoms with Gasteiger partial charge in [-0.15, -0.1) is 0 Å². The second-order valence-electron chi connectivity index (χ2n) is 6.55. The lowest BCUT2D eigenvalue weighted by Crippen LogP contribution is -2.54. The van der Waals surface area contributed by atoms with Crippen molar-refractivity contribution < 1.29 is 0 Å². The van der Waals surface area contributed by atoms with Gasteiger partial charge in [-0.2, -0.15) is 0 Å². The van der Waals surface area contributed by atoms with Gasteiger partial charge in [0.1, 0.15) is 0 Å². The van der Waals surface area contributed by atoms with Gasteiger partial charge in [0, 0.05) is 25.2 Å². The van der Waals surface area contributed by atoms with E-state index in [-0.39, 0.29) is 0 Å². The van der Waals surface area contributed by atoms with Gasteiger partial charge in [0.15, 0.2) is 0 Å². The molecule has 0 radical (unpaired) electrons. The van der Waals surface area contributed by atoms with Crippen molar-refractivity contribution in [3.05, 3.63) is 0 Å². The van der Waals surface area contributed by atoms with Crippen LogP contribution in [-0.4, -0.2) is 36.6 Å². The van der Waals surface area contributed by atoms with Crippen LogP contribution in [0.25, 0.3) is 0 Å². The Morgan fingerprint density at radius 2 is 2.00 bits per heavy atom. The highest BCUT2D eigenvalue weighted by molar-refractivity contribution is 4.89. The average molecular weight is 238 g/mol. The Hall–Kier alpha value is -0.0800. The van der Waals surface area contributed by atoms with Crippen molar-refractivity contribution in [3.8, 4) is 0 Å².